The van der Waals surface area contributed by atoms with Crippen LogP contribution in [0.2, 0.25) is 0 Å². The molecule has 0 aliphatic carbocycles. The zero-order chi connectivity index (χ0) is 14.1. The van der Waals surface area contributed by atoms with E-state index < -0.39 is 0 Å². The van der Waals surface area contributed by atoms with Gasteiger partial charge in [-0.1, -0.05) is 17.7 Å². The summed E-state index contributed by atoms with van der Waals surface area (Å²) in [5, 5.41) is 2.94. The molecule has 0 aliphatic rings. The zero-order valence-electron chi connectivity index (χ0n) is 11.4. The Morgan fingerprint density at radius 1 is 1.20 bits per heavy atom. The number of hydrogen-bond donors (Lipinski definition) is 1. The molecule has 1 amide bonds. The number of aromatic nitrogens is 2. The highest BCUT2D eigenvalue weighted by Gasteiger charge is 2.08. The number of imidazole rings is 1. The number of nitrogens with one attached hydrogen (secondary N) is 1. The Kier molecular flexibility index (Phi) is 2.99. The van der Waals surface area contributed by atoms with Crippen LogP contribution in [-0.4, -0.2) is 15.3 Å². The Hall–Kier alpha value is -2.62. The molecular weight excluding hydrogens is 250 g/mol. The molecule has 4 nitrogen and oxygen atoms in total. The maximum atomic E-state index is 12.3. The van der Waals surface area contributed by atoms with Gasteiger partial charge in [0, 0.05) is 17.4 Å². The molecule has 0 atom stereocenters. The van der Waals surface area contributed by atoms with E-state index >= 15 is 0 Å². The molecule has 1 aromatic carbocycles. The predicted octanol–water partition coefficient (Wildman–Crippen LogP) is 3.20. The first kappa shape index (κ1) is 12.4. The number of amides is 1. The van der Waals surface area contributed by atoms with Crippen LogP contribution in [0.4, 0.5) is 5.69 Å². The highest BCUT2D eigenvalue weighted by atomic mass is 16.1. The van der Waals surface area contributed by atoms with E-state index in [1.165, 1.54) is 5.56 Å². The van der Waals surface area contributed by atoms with Gasteiger partial charge in [0.25, 0.3) is 5.91 Å². The fourth-order valence-electron chi connectivity index (χ4n) is 2.21. The highest BCUT2D eigenvalue weighted by Crippen LogP contribution is 2.17. The van der Waals surface area contributed by atoms with E-state index in [9.17, 15) is 4.79 Å². The number of carbonyl (C=O) groups is 1. The number of anilines is 1. The quantitative estimate of drug-likeness (QED) is 0.773. The first-order valence-electron chi connectivity index (χ1n) is 6.44. The number of carbonyl (C=O) groups excluding carboxylic acids is 1. The molecule has 0 saturated carbocycles. The van der Waals surface area contributed by atoms with E-state index in [1.807, 2.05) is 42.6 Å². The van der Waals surface area contributed by atoms with Gasteiger partial charge in [-0.2, -0.15) is 0 Å². The molecule has 0 bridgehead atoms. The lowest BCUT2D eigenvalue weighted by Crippen LogP contribution is -2.13. The van der Waals surface area contributed by atoms with Gasteiger partial charge in [0.1, 0.15) is 0 Å². The van der Waals surface area contributed by atoms with Crippen molar-refractivity contribution < 1.29 is 4.79 Å². The Morgan fingerprint density at radius 3 is 2.85 bits per heavy atom. The fraction of sp³-hybridized carbons (Fsp3) is 0.125. The molecule has 4 heteroatoms. The van der Waals surface area contributed by atoms with Crippen molar-refractivity contribution in [2.24, 2.45) is 0 Å². The van der Waals surface area contributed by atoms with Gasteiger partial charge in [0.05, 0.1) is 18.0 Å². The molecule has 1 N–H and O–H groups in total. The number of nitrogens with zero attached hydrogens (tertiary/aromatic N) is 2. The molecule has 0 saturated heterocycles. The summed E-state index contributed by atoms with van der Waals surface area (Å²) in [7, 11) is 0. The summed E-state index contributed by atoms with van der Waals surface area (Å²) in [6.45, 7) is 4.02. The van der Waals surface area contributed by atoms with E-state index in [0.717, 1.165) is 16.8 Å². The Balaban J connectivity index is 1.88. The molecule has 3 aromatic rings. The Bertz CT molecular complexity index is 789. The number of rotatable bonds is 2. The van der Waals surface area contributed by atoms with Gasteiger partial charge >= 0.3 is 0 Å². The van der Waals surface area contributed by atoms with Crippen LogP contribution in [0.3, 0.4) is 0 Å². The lowest BCUT2D eigenvalue weighted by Gasteiger charge is -2.09. The van der Waals surface area contributed by atoms with Crippen molar-refractivity contribution in [1.82, 2.24) is 9.38 Å². The molecule has 0 spiro atoms. The second kappa shape index (κ2) is 4.81. The molecular formula is C16H15N3O. The molecule has 2 aromatic heterocycles. The van der Waals surface area contributed by atoms with Crippen molar-refractivity contribution in [3.63, 3.8) is 0 Å². The SMILES string of the molecule is Cc1ccc(NC(=O)c2ccn3cncc3c2)c(C)c1. The van der Waals surface area contributed by atoms with Gasteiger partial charge in [0.2, 0.25) is 0 Å². The second-order valence-corrected chi connectivity index (χ2v) is 4.91. The van der Waals surface area contributed by atoms with Gasteiger partial charge in [-0.3, -0.25) is 4.79 Å². The number of hydrogen-bond acceptors (Lipinski definition) is 2. The standard InChI is InChI=1S/C16H15N3O/c1-11-3-4-15(12(2)7-11)18-16(20)13-5-6-19-10-17-9-14(19)8-13/h3-10H,1-2H3,(H,18,20). The first-order chi connectivity index (χ1) is 9.63. The molecule has 0 unspecified atom stereocenters. The Morgan fingerprint density at radius 2 is 2.05 bits per heavy atom. The van der Waals surface area contributed by atoms with Gasteiger partial charge < -0.3 is 9.72 Å². The van der Waals surface area contributed by atoms with Crippen molar-refractivity contribution in [2.45, 2.75) is 13.8 Å². The van der Waals surface area contributed by atoms with E-state index in [4.69, 9.17) is 0 Å². The van der Waals surface area contributed by atoms with E-state index in [-0.39, 0.29) is 5.91 Å². The molecule has 0 aliphatic heterocycles. The Labute approximate surface area is 117 Å². The van der Waals surface area contributed by atoms with Crippen LogP contribution in [0.25, 0.3) is 5.52 Å². The van der Waals surface area contributed by atoms with Crippen LogP contribution in [0, 0.1) is 13.8 Å². The summed E-state index contributed by atoms with van der Waals surface area (Å²) < 4.78 is 1.87. The van der Waals surface area contributed by atoms with E-state index in [1.54, 1.807) is 18.6 Å². The molecule has 2 heterocycles. The monoisotopic (exact) mass is 265 g/mol. The smallest absolute Gasteiger partial charge is 0.255 e. The lowest BCUT2D eigenvalue weighted by atomic mass is 10.1. The van der Waals surface area contributed by atoms with Crippen LogP contribution >= 0.6 is 0 Å². The van der Waals surface area contributed by atoms with Gasteiger partial charge in [0.15, 0.2) is 0 Å². The fourth-order valence-corrected chi connectivity index (χ4v) is 2.21. The predicted molar refractivity (Wildman–Crippen MR) is 79.1 cm³/mol. The maximum Gasteiger partial charge on any atom is 0.255 e. The normalized spacial score (nSPS) is 10.7. The van der Waals surface area contributed by atoms with Crippen LogP contribution in [0.1, 0.15) is 21.5 Å². The first-order valence-corrected chi connectivity index (χ1v) is 6.44. The molecule has 100 valence electrons. The average Bonchev–Trinajstić information content (AvgIpc) is 2.89. The van der Waals surface area contributed by atoms with Gasteiger partial charge in [-0.15, -0.1) is 0 Å². The number of pyridine rings is 1. The lowest BCUT2D eigenvalue weighted by molar-refractivity contribution is 0.102. The molecule has 20 heavy (non-hydrogen) atoms. The summed E-state index contributed by atoms with van der Waals surface area (Å²) in [4.78, 5) is 16.3. The van der Waals surface area contributed by atoms with Crippen LogP contribution in [0.15, 0.2) is 49.1 Å². The molecule has 3 rings (SSSR count). The van der Waals surface area contributed by atoms with Crippen LogP contribution < -0.4 is 5.32 Å². The molecule has 0 radical (unpaired) electrons. The van der Waals surface area contributed by atoms with Gasteiger partial charge in [-0.05, 0) is 37.6 Å². The van der Waals surface area contributed by atoms with Gasteiger partial charge in [-0.25, -0.2) is 4.98 Å². The topological polar surface area (TPSA) is 46.4 Å². The van der Waals surface area contributed by atoms with Crippen molar-refractivity contribution in [2.75, 3.05) is 5.32 Å². The van der Waals surface area contributed by atoms with Crippen molar-refractivity contribution in [3.05, 3.63) is 65.7 Å². The zero-order valence-corrected chi connectivity index (χ0v) is 11.4. The number of fused-ring (bicyclic) bond motifs is 1. The summed E-state index contributed by atoms with van der Waals surface area (Å²) in [6.07, 6.45) is 5.27. The average molecular weight is 265 g/mol. The van der Waals surface area contributed by atoms with Crippen LogP contribution in [-0.2, 0) is 0 Å². The van der Waals surface area contributed by atoms with Crippen LogP contribution in [0.5, 0.6) is 0 Å². The minimum Gasteiger partial charge on any atom is -0.322 e. The third-order valence-corrected chi connectivity index (χ3v) is 3.31. The largest absolute Gasteiger partial charge is 0.322 e. The summed E-state index contributed by atoms with van der Waals surface area (Å²) >= 11 is 0. The van der Waals surface area contributed by atoms with Crippen molar-refractivity contribution in [1.29, 1.82) is 0 Å². The molecule has 0 fully saturated rings. The van der Waals surface area contributed by atoms with Crippen molar-refractivity contribution >= 4 is 17.1 Å². The third kappa shape index (κ3) is 2.28. The minimum absolute atomic E-state index is 0.111. The minimum atomic E-state index is -0.111. The number of benzene rings is 1. The van der Waals surface area contributed by atoms with Crippen molar-refractivity contribution in [3.8, 4) is 0 Å². The highest BCUT2D eigenvalue weighted by molar-refractivity contribution is 6.05. The van der Waals surface area contributed by atoms with E-state index in [0.29, 0.717) is 5.56 Å². The summed E-state index contributed by atoms with van der Waals surface area (Å²) in [5.74, 6) is -0.111. The summed E-state index contributed by atoms with van der Waals surface area (Å²) in [5.41, 5.74) is 4.61. The summed E-state index contributed by atoms with van der Waals surface area (Å²) in [6, 6.07) is 9.58. The third-order valence-electron chi connectivity index (χ3n) is 3.31. The van der Waals surface area contributed by atoms with E-state index in [2.05, 4.69) is 16.4 Å². The second-order valence-electron chi connectivity index (χ2n) is 4.91. The maximum absolute atomic E-state index is 12.3. The number of aryl methyl sites for hydroxylation is 2.